The predicted molar refractivity (Wildman–Crippen MR) is 63.5 cm³/mol. The third-order valence-electron chi connectivity index (χ3n) is 1.99. The average Bonchev–Trinajstić information content (AvgIpc) is 2.28. The van der Waals surface area contributed by atoms with Crippen LogP contribution in [0, 0.1) is 0 Å². The summed E-state index contributed by atoms with van der Waals surface area (Å²) in [5.41, 5.74) is 1.66. The van der Waals surface area contributed by atoms with Gasteiger partial charge in [-0.3, -0.25) is 0 Å². The topological polar surface area (TPSA) is 51.2 Å². The van der Waals surface area contributed by atoms with Gasteiger partial charge in [-0.1, -0.05) is 11.6 Å². The lowest BCUT2D eigenvalue weighted by atomic mass is 10.2. The molecule has 1 rings (SSSR count). The van der Waals surface area contributed by atoms with Gasteiger partial charge in [-0.15, -0.1) is 0 Å². The molecule has 0 saturated heterocycles. The normalized spacial score (nSPS) is 9.44. The van der Waals surface area contributed by atoms with Crippen molar-refractivity contribution in [2.45, 2.75) is 13.8 Å². The van der Waals surface area contributed by atoms with E-state index in [0.29, 0.717) is 17.9 Å². The standard InChI is InChI=1S/C12H16N2O2/c1-9(2)6-8-14-11-10(12(15)16-3)5-4-7-13-11/h4-7H,8H2,1-3H3,(H,13,14). The molecule has 0 aliphatic carbocycles. The van der Waals surface area contributed by atoms with Crippen molar-refractivity contribution in [2.75, 3.05) is 19.0 Å². The van der Waals surface area contributed by atoms with Gasteiger partial charge in [0, 0.05) is 12.7 Å². The Hall–Kier alpha value is -1.84. The van der Waals surface area contributed by atoms with Crippen molar-refractivity contribution in [1.29, 1.82) is 0 Å². The molecule has 0 aliphatic rings. The second kappa shape index (κ2) is 5.90. The van der Waals surface area contributed by atoms with Crippen LogP contribution in [0.4, 0.5) is 5.82 Å². The maximum Gasteiger partial charge on any atom is 0.341 e. The molecule has 0 aliphatic heterocycles. The number of allylic oxidation sites excluding steroid dienone is 1. The number of methoxy groups -OCH3 is 1. The fraction of sp³-hybridized carbons (Fsp3) is 0.333. The molecule has 0 bridgehead atoms. The van der Waals surface area contributed by atoms with Crippen molar-refractivity contribution in [3.05, 3.63) is 35.5 Å². The first-order chi connectivity index (χ1) is 7.65. The first-order valence-electron chi connectivity index (χ1n) is 5.05. The van der Waals surface area contributed by atoms with Gasteiger partial charge in [-0.2, -0.15) is 0 Å². The first kappa shape index (κ1) is 12.2. The summed E-state index contributed by atoms with van der Waals surface area (Å²) in [5.74, 6) is 0.166. The summed E-state index contributed by atoms with van der Waals surface area (Å²) in [5, 5.41) is 3.07. The second-order valence-electron chi connectivity index (χ2n) is 3.55. The van der Waals surface area contributed by atoms with Gasteiger partial charge in [0.15, 0.2) is 0 Å². The Labute approximate surface area is 95.3 Å². The van der Waals surface area contributed by atoms with Crippen molar-refractivity contribution >= 4 is 11.8 Å². The summed E-state index contributed by atoms with van der Waals surface area (Å²) in [7, 11) is 1.36. The maximum atomic E-state index is 11.4. The number of anilines is 1. The fourth-order valence-corrected chi connectivity index (χ4v) is 1.17. The van der Waals surface area contributed by atoms with E-state index in [2.05, 4.69) is 15.0 Å². The second-order valence-corrected chi connectivity index (χ2v) is 3.55. The molecule has 1 aromatic rings. The number of ether oxygens (including phenoxy) is 1. The molecule has 0 saturated carbocycles. The lowest BCUT2D eigenvalue weighted by Crippen LogP contribution is -2.09. The number of carbonyl (C=O) groups excluding carboxylic acids is 1. The predicted octanol–water partition coefficient (Wildman–Crippen LogP) is 2.25. The summed E-state index contributed by atoms with van der Waals surface area (Å²) >= 11 is 0. The van der Waals surface area contributed by atoms with Gasteiger partial charge in [0.1, 0.15) is 11.4 Å². The van der Waals surface area contributed by atoms with Crippen LogP contribution in [0.25, 0.3) is 0 Å². The molecule has 16 heavy (non-hydrogen) atoms. The van der Waals surface area contributed by atoms with E-state index in [1.807, 2.05) is 19.9 Å². The molecule has 0 unspecified atom stereocenters. The van der Waals surface area contributed by atoms with Crippen LogP contribution in [0.3, 0.4) is 0 Å². The van der Waals surface area contributed by atoms with Gasteiger partial charge in [-0.05, 0) is 26.0 Å². The Morgan fingerprint density at radius 2 is 2.31 bits per heavy atom. The highest BCUT2D eigenvalue weighted by Gasteiger charge is 2.11. The molecule has 4 heteroatoms. The van der Waals surface area contributed by atoms with Crippen LogP contribution in [0.5, 0.6) is 0 Å². The Morgan fingerprint density at radius 1 is 1.56 bits per heavy atom. The minimum atomic E-state index is -0.382. The van der Waals surface area contributed by atoms with E-state index < -0.39 is 0 Å². The minimum Gasteiger partial charge on any atom is -0.465 e. The van der Waals surface area contributed by atoms with E-state index in [9.17, 15) is 4.79 Å². The zero-order valence-corrected chi connectivity index (χ0v) is 9.78. The summed E-state index contributed by atoms with van der Waals surface area (Å²) in [6.07, 6.45) is 3.66. The number of aromatic nitrogens is 1. The highest BCUT2D eigenvalue weighted by atomic mass is 16.5. The van der Waals surface area contributed by atoms with Crippen LogP contribution in [0.1, 0.15) is 24.2 Å². The highest BCUT2D eigenvalue weighted by molar-refractivity contribution is 5.94. The molecule has 86 valence electrons. The smallest absolute Gasteiger partial charge is 0.341 e. The van der Waals surface area contributed by atoms with E-state index in [4.69, 9.17) is 0 Å². The van der Waals surface area contributed by atoms with Crippen molar-refractivity contribution < 1.29 is 9.53 Å². The molecular weight excluding hydrogens is 204 g/mol. The Morgan fingerprint density at radius 3 is 2.94 bits per heavy atom. The molecule has 1 aromatic heterocycles. The van der Waals surface area contributed by atoms with Gasteiger partial charge < -0.3 is 10.1 Å². The van der Waals surface area contributed by atoms with Crippen molar-refractivity contribution in [2.24, 2.45) is 0 Å². The number of esters is 1. The summed E-state index contributed by atoms with van der Waals surface area (Å²) in [6, 6.07) is 3.39. The number of pyridine rings is 1. The lowest BCUT2D eigenvalue weighted by molar-refractivity contribution is 0.0601. The number of hydrogen-bond acceptors (Lipinski definition) is 4. The molecule has 0 radical (unpaired) electrons. The number of rotatable bonds is 4. The van der Waals surface area contributed by atoms with Gasteiger partial charge >= 0.3 is 5.97 Å². The van der Waals surface area contributed by atoms with Crippen LogP contribution in [0.15, 0.2) is 30.0 Å². The van der Waals surface area contributed by atoms with Crippen molar-refractivity contribution in [3.63, 3.8) is 0 Å². The van der Waals surface area contributed by atoms with Crippen LogP contribution in [-0.4, -0.2) is 24.6 Å². The first-order valence-corrected chi connectivity index (χ1v) is 5.05. The molecule has 0 atom stereocenters. The van der Waals surface area contributed by atoms with Crippen LogP contribution >= 0.6 is 0 Å². The van der Waals surface area contributed by atoms with Gasteiger partial charge in [0.2, 0.25) is 0 Å². The third kappa shape index (κ3) is 3.38. The molecule has 0 spiro atoms. The molecule has 0 aromatic carbocycles. The largest absolute Gasteiger partial charge is 0.465 e. The Bertz CT molecular complexity index is 396. The maximum absolute atomic E-state index is 11.4. The fourth-order valence-electron chi connectivity index (χ4n) is 1.17. The van der Waals surface area contributed by atoms with E-state index in [0.717, 1.165) is 0 Å². The third-order valence-corrected chi connectivity index (χ3v) is 1.99. The monoisotopic (exact) mass is 220 g/mol. The molecule has 1 N–H and O–H groups in total. The van der Waals surface area contributed by atoms with Crippen LogP contribution < -0.4 is 5.32 Å². The van der Waals surface area contributed by atoms with E-state index in [-0.39, 0.29) is 5.97 Å². The Balaban J connectivity index is 2.79. The highest BCUT2D eigenvalue weighted by Crippen LogP contribution is 2.12. The zero-order valence-electron chi connectivity index (χ0n) is 9.78. The average molecular weight is 220 g/mol. The quantitative estimate of drug-likeness (QED) is 0.624. The molecule has 0 fully saturated rings. The van der Waals surface area contributed by atoms with E-state index in [1.54, 1.807) is 18.3 Å². The number of hydrogen-bond donors (Lipinski definition) is 1. The number of nitrogens with zero attached hydrogens (tertiary/aromatic N) is 1. The van der Waals surface area contributed by atoms with E-state index in [1.165, 1.54) is 12.7 Å². The minimum absolute atomic E-state index is 0.382. The van der Waals surface area contributed by atoms with Gasteiger partial charge in [0.25, 0.3) is 0 Å². The molecule has 0 amide bonds. The van der Waals surface area contributed by atoms with E-state index >= 15 is 0 Å². The summed E-state index contributed by atoms with van der Waals surface area (Å²) in [6.45, 7) is 4.67. The number of nitrogens with one attached hydrogen (secondary N) is 1. The SMILES string of the molecule is COC(=O)c1cccnc1NCC=C(C)C. The Kier molecular flexibility index (Phi) is 4.51. The van der Waals surface area contributed by atoms with Crippen molar-refractivity contribution in [3.8, 4) is 0 Å². The van der Waals surface area contributed by atoms with Crippen LogP contribution in [-0.2, 0) is 4.74 Å². The molecule has 4 nitrogen and oxygen atoms in total. The van der Waals surface area contributed by atoms with Crippen LogP contribution in [0.2, 0.25) is 0 Å². The van der Waals surface area contributed by atoms with Gasteiger partial charge in [-0.25, -0.2) is 9.78 Å². The summed E-state index contributed by atoms with van der Waals surface area (Å²) < 4.78 is 4.67. The van der Waals surface area contributed by atoms with Crippen molar-refractivity contribution in [1.82, 2.24) is 4.98 Å². The molecular formula is C12H16N2O2. The lowest BCUT2D eigenvalue weighted by Gasteiger charge is -2.07. The zero-order chi connectivity index (χ0) is 12.0. The van der Waals surface area contributed by atoms with Gasteiger partial charge in [0.05, 0.1) is 7.11 Å². The number of carbonyl (C=O) groups is 1. The molecule has 1 heterocycles. The summed E-state index contributed by atoms with van der Waals surface area (Å²) in [4.78, 5) is 15.5.